The van der Waals surface area contributed by atoms with E-state index in [1.807, 2.05) is 25.1 Å². The smallest absolute Gasteiger partial charge is 0.126 e. The van der Waals surface area contributed by atoms with Crippen LogP contribution in [-0.2, 0) is 0 Å². The number of aryl methyl sites for hydroxylation is 1. The second-order valence-electron chi connectivity index (χ2n) is 5.36. The molecule has 0 radical (unpaired) electrons. The van der Waals surface area contributed by atoms with E-state index in [1.54, 1.807) is 13.2 Å². The van der Waals surface area contributed by atoms with E-state index in [-0.39, 0.29) is 18.0 Å². The normalized spacial score (nSPS) is 20.6. The summed E-state index contributed by atoms with van der Waals surface area (Å²) >= 11 is 0. The van der Waals surface area contributed by atoms with E-state index in [9.17, 15) is 4.39 Å². The summed E-state index contributed by atoms with van der Waals surface area (Å²) in [6, 6.07) is 10.2. The molecule has 0 spiro atoms. The van der Waals surface area contributed by atoms with Crippen LogP contribution in [0.4, 0.5) is 4.39 Å². The average molecular weight is 287 g/mol. The summed E-state index contributed by atoms with van der Waals surface area (Å²) in [6.07, 6.45) is 0.505. The van der Waals surface area contributed by atoms with Gasteiger partial charge in [0.25, 0.3) is 0 Å². The third kappa shape index (κ3) is 2.59. The lowest BCUT2D eigenvalue weighted by Gasteiger charge is -2.30. The molecule has 1 aliphatic rings. The van der Waals surface area contributed by atoms with Gasteiger partial charge in [0.1, 0.15) is 23.4 Å². The summed E-state index contributed by atoms with van der Waals surface area (Å²) in [6.45, 7) is 1.99. The van der Waals surface area contributed by atoms with Crippen LogP contribution < -0.4 is 15.2 Å². The van der Waals surface area contributed by atoms with E-state index in [0.717, 1.165) is 22.4 Å². The highest BCUT2D eigenvalue weighted by molar-refractivity contribution is 5.42. The molecule has 1 aliphatic heterocycles. The van der Waals surface area contributed by atoms with Crippen LogP contribution in [0.5, 0.6) is 11.5 Å². The number of ether oxygens (including phenoxy) is 2. The Bertz CT molecular complexity index is 672. The highest BCUT2D eigenvalue weighted by Gasteiger charge is 2.27. The maximum atomic E-state index is 13.3. The Balaban J connectivity index is 1.92. The highest BCUT2D eigenvalue weighted by Crippen LogP contribution is 2.40. The molecule has 21 heavy (non-hydrogen) atoms. The first-order valence-corrected chi connectivity index (χ1v) is 6.94. The van der Waals surface area contributed by atoms with Gasteiger partial charge >= 0.3 is 0 Å². The molecule has 0 aromatic heterocycles. The van der Waals surface area contributed by atoms with Gasteiger partial charge in [0, 0.05) is 18.0 Å². The first-order chi connectivity index (χ1) is 10.1. The average Bonchev–Trinajstić information content (AvgIpc) is 2.47. The van der Waals surface area contributed by atoms with Crippen molar-refractivity contribution >= 4 is 0 Å². The Hall–Kier alpha value is -2.07. The lowest BCUT2D eigenvalue weighted by molar-refractivity contribution is 0.161. The lowest BCUT2D eigenvalue weighted by Crippen LogP contribution is -2.24. The molecular formula is C17H18FNO2. The number of benzene rings is 2. The topological polar surface area (TPSA) is 44.5 Å². The molecule has 0 saturated carbocycles. The summed E-state index contributed by atoms with van der Waals surface area (Å²) in [5.41, 5.74) is 9.01. The van der Waals surface area contributed by atoms with Gasteiger partial charge in [-0.15, -0.1) is 0 Å². The monoisotopic (exact) mass is 287 g/mol. The predicted octanol–water partition coefficient (Wildman–Crippen LogP) is 3.67. The number of nitrogens with two attached hydrogens (primary N) is 1. The maximum absolute atomic E-state index is 13.3. The largest absolute Gasteiger partial charge is 0.496 e. The van der Waals surface area contributed by atoms with Crippen molar-refractivity contribution in [2.24, 2.45) is 5.73 Å². The second kappa shape index (κ2) is 5.37. The molecular weight excluding hydrogens is 269 g/mol. The minimum atomic E-state index is -0.286. The van der Waals surface area contributed by atoms with Crippen LogP contribution in [-0.4, -0.2) is 7.11 Å². The number of halogens is 1. The number of fused-ring (bicyclic) bond motifs is 1. The molecule has 2 aromatic carbocycles. The molecule has 0 fully saturated rings. The molecule has 3 nitrogen and oxygen atoms in total. The van der Waals surface area contributed by atoms with Crippen molar-refractivity contribution in [3.05, 3.63) is 58.9 Å². The minimum Gasteiger partial charge on any atom is -0.496 e. The van der Waals surface area contributed by atoms with Crippen molar-refractivity contribution in [1.82, 2.24) is 0 Å². The number of rotatable bonds is 2. The van der Waals surface area contributed by atoms with Gasteiger partial charge in [0.05, 0.1) is 7.11 Å². The molecule has 1 heterocycles. The first kappa shape index (κ1) is 13.9. The van der Waals surface area contributed by atoms with Gasteiger partial charge in [-0.1, -0.05) is 6.07 Å². The summed E-state index contributed by atoms with van der Waals surface area (Å²) in [5.74, 6) is 1.22. The molecule has 110 valence electrons. The van der Waals surface area contributed by atoms with Crippen molar-refractivity contribution in [3.8, 4) is 11.5 Å². The fourth-order valence-corrected chi connectivity index (χ4v) is 2.78. The third-order valence-electron chi connectivity index (χ3n) is 3.90. The van der Waals surface area contributed by atoms with Crippen LogP contribution in [0, 0.1) is 12.7 Å². The Labute approximate surface area is 123 Å². The lowest BCUT2D eigenvalue weighted by atomic mass is 9.93. The van der Waals surface area contributed by atoms with Crippen molar-refractivity contribution in [2.75, 3.05) is 7.11 Å². The summed E-state index contributed by atoms with van der Waals surface area (Å²) in [4.78, 5) is 0. The molecule has 0 amide bonds. The first-order valence-electron chi connectivity index (χ1n) is 6.94. The van der Waals surface area contributed by atoms with Crippen molar-refractivity contribution in [1.29, 1.82) is 0 Å². The Kier molecular flexibility index (Phi) is 3.55. The molecule has 2 N–H and O–H groups in total. The van der Waals surface area contributed by atoms with E-state index in [1.165, 1.54) is 12.1 Å². The van der Waals surface area contributed by atoms with Crippen LogP contribution in [0.2, 0.25) is 0 Å². The van der Waals surface area contributed by atoms with Gasteiger partial charge < -0.3 is 15.2 Å². The standard InChI is InChI=1S/C17H18FNO2/c1-10-7-11(3-5-15(10)20-2)17-9-14(19)13-8-12(18)4-6-16(13)21-17/h3-8,14,17H,9,19H2,1-2H3/t14-,17?/m1/s1. The van der Waals surface area contributed by atoms with E-state index >= 15 is 0 Å². The van der Waals surface area contributed by atoms with Crippen molar-refractivity contribution < 1.29 is 13.9 Å². The van der Waals surface area contributed by atoms with Crippen LogP contribution in [0.3, 0.4) is 0 Å². The van der Waals surface area contributed by atoms with Crippen LogP contribution in [0.1, 0.15) is 35.3 Å². The van der Waals surface area contributed by atoms with Gasteiger partial charge in [-0.3, -0.25) is 0 Å². The quantitative estimate of drug-likeness (QED) is 0.916. The number of hydrogen-bond donors (Lipinski definition) is 1. The van der Waals surface area contributed by atoms with Crippen LogP contribution in [0.15, 0.2) is 36.4 Å². The molecule has 2 aromatic rings. The zero-order chi connectivity index (χ0) is 15.0. The van der Waals surface area contributed by atoms with Gasteiger partial charge in [-0.2, -0.15) is 0 Å². The van der Waals surface area contributed by atoms with Gasteiger partial charge in [-0.05, 0) is 48.4 Å². The summed E-state index contributed by atoms with van der Waals surface area (Å²) in [5, 5.41) is 0. The Morgan fingerprint density at radius 3 is 2.76 bits per heavy atom. The summed E-state index contributed by atoms with van der Waals surface area (Å²) < 4.78 is 24.6. The van der Waals surface area contributed by atoms with E-state index in [4.69, 9.17) is 15.2 Å². The van der Waals surface area contributed by atoms with Crippen molar-refractivity contribution in [2.45, 2.75) is 25.5 Å². The molecule has 0 bridgehead atoms. The number of hydrogen-bond acceptors (Lipinski definition) is 3. The molecule has 0 saturated heterocycles. The predicted molar refractivity (Wildman–Crippen MR) is 79.0 cm³/mol. The van der Waals surface area contributed by atoms with Crippen LogP contribution >= 0.6 is 0 Å². The molecule has 4 heteroatoms. The highest BCUT2D eigenvalue weighted by atomic mass is 19.1. The van der Waals surface area contributed by atoms with Gasteiger partial charge in [0.2, 0.25) is 0 Å². The number of methoxy groups -OCH3 is 1. The van der Waals surface area contributed by atoms with E-state index in [0.29, 0.717) is 12.2 Å². The molecule has 3 rings (SSSR count). The van der Waals surface area contributed by atoms with E-state index in [2.05, 4.69) is 0 Å². The zero-order valence-electron chi connectivity index (χ0n) is 12.1. The van der Waals surface area contributed by atoms with Gasteiger partial charge in [-0.25, -0.2) is 4.39 Å². The fraction of sp³-hybridized carbons (Fsp3) is 0.294. The van der Waals surface area contributed by atoms with Crippen LogP contribution in [0.25, 0.3) is 0 Å². The minimum absolute atomic E-state index is 0.123. The van der Waals surface area contributed by atoms with E-state index < -0.39 is 0 Å². The zero-order valence-corrected chi connectivity index (χ0v) is 12.1. The summed E-state index contributed by atoms with van der Waals surface area (Å²) in [7, 11) is 1.65. The Morgan fingerprint density at radius 2 is 2.05 bits per heavy atom. The van der Waals surface area contributed by atoms with Crippen molar-refractivity contribution in [3.63, 3.8) is 0 Å². The SMILES string of the molecule is COc1ccc(C2C[C@@H](N)c3cc(F)ccc3O2)cc1C. The Morgan fingerprint density at radius 1 is 1.24 bits per heavy atom. The maximum Gasteiger partial charge on any atom is 0.126 e. The second-order valence-corrected chi connectivity index (χ2v) is 5.36. The molecule has 2 atom stereocenters. The van der Waals surface area contributed by atoms with Gasteiger partial charge in [0.15, 0.2) is 0 Å². The molecule has 1 unspecified atom stereocenters. The third-order valence-corrected chi connectivity index (χ3v) is 3.90. The molecule has 0 aliphatic carbocycles. The fourth-order valence-electron chi connectivity index (χ4n) is 2.78.